The van der Waals surface area contributed by atoms with Crippen LogP contribution in [0.3, 0.4) is 0 Å². The fourth-order valence-corrected chi connectivity index (χ4v) is 2.39. The van der Waals surface area contributed by atoms with E-state index in [0.29, 0.717) is 5.69 Å². The van der Waals surface area contributed by atoms with Crippen LogP contribution in [-0.2, 0) is 9.59 Å². The minimum absolute atomic E-state index is 0.0370. The predicted molar refractivity (Wildman–Crippen MR) is 74.7 cm³/mol. The van der Waals surface area contributed by atoms with Gasteiger partial charge in [-0.25, -0.2) is 4.39 Å². The highest BCUT2D eigenvalue weighted by molar-refractivity contribution is 6.08. The molecule has 2 rings (SSSR count). The largest absolute Gasteiger partial charge is 0.342 e. The van der Waals surface area contributed by atoms with Gasteiger partial charge in [0.05, 0.1) is 0 Å². The van der Waals surface area contributed by atoms with Crippen molar-refractivity contribution in [2.75, 3.05) is 4.90 Å². The Hall–Kier alpha value is -1.91. The first kappa shape index (κ1) is 14.5. The lowest BCUT2D eigenvalue weighted by Gasteiger charge is -2.39. The standard InChI is InChI=1S/C15H19FN2O2/c1-4-9(2)13-15(20)18(10(3)14(19)17-13)12-7-5-6-11(16)8-12/h5-10,13H,4H2,1-3H3,(H,17,19). The van der Waals surface area contributed by atoms with Crippen molar-refractivity contribution < 1.29 is 14.0 Å². The smallest absolute Gasteiger partial charge is 0.250 e. The quantitative estimate of drug-likeness (QED) is 0.920. The zero-order valence-electron chi connectivity index (χ0n) is 11.9. The van der Waals surface area contributed by atoms with Crippen LogP contribution in [0.2, 0.25) is 0 Å². The number of nitrogens with zero attached hydrogens (tertiary/aromatic N) is 1. The van der Waals surface area contributed by atoms with Gasteiger partial charge in [-0.3, -0.25) is 14.5 Å². The molecule has 0 spiro atoms. The molecule has 20 heavy (non-hydrogen) atoms. The second-order valence-corrected chi connectivity index (χ2v) is 5.24. The van der Waals surface area contributed by atoms with Gasteiger partial charge in [0, 0.05) is 5.69 Å². The third kappa shape index (κ3) is 2.53. The molecule has 0 bridgehead atoms. The number of halogens is 1. The number of carbonyl (C=O) groups is 2. The van der Waals surface area contributed by atoms with Gasteiger partial charge in [-0.15, -0.1) is 0 Å². The van der Waals surface area contributed by atoms with Crippen molar-refractivity contribution in [2.24, 2.45) is 5.92 Å². The van der Waals surface area contributed by atoms with E-state index < -0.39 is 17.9 Å². The molecule has 1 fully saturated rings. The van der Waals surface area contributed by atoms with E-state index in [9.17, 15) is 14.0 Å². The summed E-state index contributed by atoms with van der Waals surface area (Å²) in [5.74, 6) is -0.778. The van der Waals surface area contributed by atoms with Gasteiger partial charge in [0.2, 0.25) is 5.91 Å². The summed E-state index contributed by atoms with van der Waals surface area (Å²) in [6.07, 6.45) is 0.780. The summed E-state index contributed by atoms with van der Waals surface area (Å²) in [5, 5.41) is 2.76. The third-order valence-corrected chi connectivity index (χ3v) is 3.87. The lowest BCUT2D eigenvalue weighted by Crippen LogP contribution is -2.64. The monoisotopic (exact) mass is 278 g/mol. The van der Waals surface area contributed by atoms with Crippen molar-refractivity contribution >= 4 is 17.5 Å². The summed E-state index contributed by atoms with van der Waals surface area (Å²) in [7, 11) is 0. The highest BCUT2D eigenvalue weighted by Crippen LogP contribution is 2.25. The third-order valence-electron chi connectivity index (χ3n) is 3.87. The molecule has 1 aliphatic rings. The molecular weight excluding hydrogens is 259 g/mol. The Bertz CT molecular complexity index is 532. The Kier molecular flexibility index (Phi) is 4.06. The van der Waals surface area contributed by atoms with Crippen molar-refractivity contribution in [3.63, 3.8) is 0 Å². The minimum atomic E-state index is -0.635. The van der Waals surface area contributed by atoms with Gasteiger partial charge < -0.3 is 5.32 Å². The van der Waals surface area contributed by atoms with Crippen molar-refractivity contribution in [2.45, 2.75) is 39.3 Å². The predicted octanol–water partition coefficient (Wildman–Crippen LogP) is 2.09. The number of nitrogens with one attached hydrogen (secondary N) is 1. The van der Waals surface area contributed by atoms with Crippen LogP contribution in [0.15, 0.2) is 24.3 Å². The molecule has 0 saturated carbocycles. The van der Waals surface area contributed by atoms with Gasteiger partial charge in [0.1, 0.15) is 17.9 Å². The molecule has 1 N–H and O–H groups in total. The zero-order chi connectivity index (χ0) is 14.9. The molecule has 3 unspecified atom stereocenters. The van der Waals surface area contributed by atoms with Crippen LogP contribution in [0, 0.1) is 11.7 Å². The Morgan fingerprint density at radius 1 is 1.40 bits per heavy atom. The average Bonchev–Trinajstić information content (AvgIpc) is 2.42. The van der Waals surface area contributed by atoms with Crippen LogP contribution in [0.5, 0.6) is 0 Å². The van der Waals surface area contributed by atoms with Crippen LogP contribution in [-0.4, -0.2) is 23.9 Å². The lowest BCUT2D eigenvalue weighted by molar-refractivity contribution is -0.134. The molecule has 4 nitrogen and oxygen atoms in total. The van der Waals surface area contributed by atoms with Gasteiger partial charge in [0.25, 0.3) is 5.91 Å². The molecule has 0 aromatic heterocycles. The molecule has 1 saturated heterocycles. The summed E-state index contributed by atoms with van der Waals surface area (Å²) in [4.78, 5) is 26.0. The van der Waals surface area contributed by atoms with Gasteiger partial charge in [-0.2, -0.15) is 0 Å². The maximum absolute atomic E-state index is 13.4. The van der Waals surface area contributed by atoms with Crippen molar-refractivity contribution in [1.29, 1.82) is 0 Å². The summed E-state index contributed by atoms with van der Waals surface area (Å²) >= 11 is 0. The maximum Gasteiger partial charge on any atom is 0.250 e. The number of hydrogen-bond donors (Lipinski definition) is 1. The average molecular weight is 278 g/mol. The molecule has 2 amide bonds. The van der Waals surface area contributed by atoms with E-state index in [4.69, 9.17) is 0 Å². The summed E-state index contributed by atoms with van der Waals surface area (Å²) < 4.78 is 13.4. The number of rotatable bonds is 3. The number of anilines is 1. The number of piperazine rings is 1. The van der Waals surface area contributed by atoms with E-state index >= 15 is 0 Å². The Morgan fingerprint density at radius 3 is 2.70 bits per heavy atom. The van der Waals surface area contributed by atoms with Crippen LogP contribution >= 0.6 is 0 Å². The molecule has 0 aliphatic carbocycles. The van der Waals surface area contributed by atoms with Crippen LogP contribution < -0.4 is 10.2 Å². The second-order valence-electron chi connectivity index (χ2n) is 5.24. The van der Waals surface area contributed by atoms with E-state index in [1.807, 2.05) is 13.8 Å². The Labute approximate surface area is 118 Å². The van der Waals surface area contributed by atoms with Gasteiger partial charge >= 0.3 is 0 Å². The van der Waals surface area contributed by atoms with Gasteiger partial charge in [-0.1, -0.05) is 26.3 Å². The fourth-order valence-electron chi connectivity index (χ4n) is 2.39. The van der Waals surface area contributed by atoms with Crippen LogP contribution in [0.1, 0.15) is 27.2 Å². The topological polar surface area (TPSA) is 49.4 Å². The summed E-state index contributed by atoms with van der Waals surface area (Å²) in [5.41, 5.74) is 0.422. The highest BCUT2D eigenvalue weighted by atomic mass is 19.1. The van der Waals surface area contributed by atoms with E-state index in [1.165, 1.54) is 23.1 Å². The molecule has 1 aromatic rings. The first-order valence-corrected chi connectivity index (χ1v) is 6.84. The van der Waals surface area contributed by atoms with E-state index in [1.54, 1.807) is 13.0 Å². The first-order chi connectivity index (χ1) is 9.45. The van der Waals surface area contributed by atoms with E-state index in [-0.39, 0.29) is 17.7 Å². The fraction of sp³-hybridized carbons (Fsp3) is 0.467. The summed E-state index contributed by atoms with van der Waals surface area (Å²) in [6, 6.07) is 4.59. The lowest BCUT2D eigenvalue weighted by atomic mass is 9.94. The van der Waals surface area contributed by atoms with Crippen LogP contribution in [0.25, 0.3) is 0 Å². The van der Waals surface area contributed by atoms with Crippen molar-refractivity contribution in [3.05, 3.63) is 30.1 Å². The zero-order valence-corrected chi connectivity index (χ0v) is 11.9. The van der Waals surface area contributed by atoms with Crippen molar-refractivity contribution in [1.82, 2.24) is 5.32 Å². The molecule has 1 aromatic carbocycles. The molecule has 5 heteroatoms. The number of amides is 2. The summed E-state index contributed by atoms with van der Waals surface area (Å²) in [6.45, 7) is 5.53. The maximum atomic E-state index is 13.4. The molecule has 108 valence electrons. The number of hydrogen-bond acceptors (Lipinski definition) is 2. The molecule has 3 atom stereocenters. The molecular formula is C15H19FN2O2. The molecule has 0 radical (unpaired) electrons. The SMILES string of the molecule is CCC(C)C1NC(=O)C(C)N(c2cccc(F)c2)C1=O. The Morgan fingerprint density at radius 2 is 2.10 bits per heavy atom. The molecule has 1 aliphatic heterocycles. The highest BCUT2D eigenvalue weighted by Gasteiger charge is 2.40. The van der Waals surface area contributed by atoms with E-state index in [0.717, 1.165) is 6.42 Å². The Balaban J connectivity index is 2.38. The van der Waals surface area contributed by atoms with Gasteiger partial charge in [-0.05, 0) is 31.0 Å². The normalized spacial score (nSPS) is 24.5. The number of benzene rings is 1. The minimum Gasteiger partial charge on any atom is -0.342 e. The van der Waals surface area contributed by atoms with Crippen molar-refractivity contribution in [3.8, 4) is 0 Å². The first-order valence-electron chi connectivity index (χ1n) is 6.84. The second kappa shape index (κ2) is 5.61. The van der Waals surface area contributed by atoms with Crippen LogP contribution in [0.4, 0.5) is 10.1 Å². The van der Waals surface area contributed by atoms with E-state index in [2.05, 4.69) is 5.32 Å². The molecule has 1 heterocycles. The number of carbonyl (C=O) groups excluding carboxylic acids is 2. The van der Waals surface area contributed by atoms with Gasteiger partial charge in [0.15, 0.2) is 0 Å².